The van der Waals surface area contributed by atoms with Gasteiger partial charge in [0.2, 0.25) is 0 Å². The van der Waals surface area contributed by atoms with Crippen LogP contribution in [-0.2, 0) is 13.0 Å². The molecule has 3 nitrogen and oxygen atoms in total. The van der Waals surface area contributed by atoms with Crippen LogP contribution < -0.4 is 5.32 Å². The number of halogens is 2. The molecule has 0 aliphatic carbocycles. The lowest BCUT2D eigenvalue weighted by atomic mass is 10.0. The molecule has 1 heterocycles. The minimum atomic E-state index is 0.151. The summed E-state index contributed by atoms with van der Waals surface area (Å²) >= 11 is 9.84. The summed E-state index contributed by atoms with van der Waals surface area (Å²) in [7, 11) is 1.95. The Bertz CT molecular complexity index is 553. The van der Waals surface area contributed by atoms with Gasteiger partial charge in [-0.3, -0.25) is 0 Å². The summed E-state index contributed by atoms with van der Waals surface area (Å²) < 4.78 is 3.07. The van der Waals surface area contributed by atoms with Crippen LogP contribution in [-0.4, -0.2) is 16.6 Å². The Morgan fingerprint density at radius 3 is 2.95 bits per heavy atom. The summed E-state index contributed by atoms with van der Waals surface area (Å²) in [6.45, 7) is 3.05. The van der Waals surface area contributed by atoms with Crippen LogP contribution in [0.25, 0.3) is 0 Å². The molecule has 1 aromatic carbocycles. The van der Waals surface area contributed by atoms with Gasteiger partial charge in [0.25, 0.3) is 0 Å². The van der Waals surface area contributed by atoms with E-state index in [9.17, 15) is 0 Å². The molecule has 0 saturated carbocycles. The van der Waals surface area contributed by atoms with Crippen LogP contribution in [0.1, 0.15) is 24.4 Å². The van der Waals surface area contributed by atoms with Gasteiger partial charge in [0.15, 0.2) is 0 Å². The number of aryl methyl sites for hydroxylation is 1. The molecule has 0 aliphatic heterocycles. The zero-order valence-electron chi connectivity index (χ0n) is 11.0. The standard InChI is InChI=1S/C14H17BrClN3/c1-3-19-8-7-18-13(19)9-12(17-2)10-5-4-6-11(15)14(10)16/h4-8,12,17H,3,9H2,1-2H3. The van der Waals surface area contributed by atoms with Crippen LogP contribution in [0.4, 0.5) is 0 Å². The van der Waals surface area contributed by atoms with Crippen LogP contribution >= 0.6 is 27.5 Å². The molecule has 0 amide bonds. The molecular formula is C14H17BrClN3. The Morgan fingerprint density at radius 2 is 2.26 bits per heavy atom. The minimum absolute atomic E-state index is 0.151. The highest BCUT2D eigenvalue weighted by Gasteiger charge is 2.17. The first-order chi connectivity index (χ1) is 9.17. The first-order valence-electron chi connectivity index (χ1n) is 6.28. The fourth-order valence-electron chi connectivity index (χ4n) is 2.16. The van der Waals surface area contributed by atoms with Crippen molar-refractivity contribution in [2.24, 2.45) is 0 Å². The second-order valence-corrected chi connectivity index (χ2v) is 5.55. The van der Waals surface area contributed by atoms with Gasteiger partial charge in [-0.25, -0.2) is 4.98 Å². The van der Waals surface area contributed by atoms with Crippen molar-refractivity contribution in [3.8, 4) is 0 Å². The van der Waals surface area contributed by atoms with E-state index < -0.39 is 0 Å². The van der Waals surface area contributed by atoms with E-state index >= 15 is 0 Å². The molecule has 0 bridgehead atoms. The molecule has 102 valence electrons. The normalized spacial score (nSPS) is 12.6. The van der Waals surface area contributed by atoms with Gasteiger partial charge in [0, 0.05) is 35.9 Å². The van der Waals surface area contributed by atoms with Crippen molar-refractivity contribution in [3.63, 3.8) is 0 Å². The Morgan fingerprint density at radius 1 is 1.47 bits per heavy atom. The first kappa shape index (κ1) is 14.6. The van der Waals surface area contributed by atoms with Gasteiger partial charge in [0.1, 0.15) is 5.82 Å². The number of nitrogens with zero attached hydrogens (tertiary/aromatic N) is 2. The molecule has 0 radical (unpaired) electrons. The lowest BCUT2D eigenvalue weighted by Crippen LogP contribution is -2.21. The molecule has 5 heteroatoms. The van der Waals surface area contributed by atoms with Crippen molar-refractivity contribution in [2.45, 2.75) is 25.9 Å². The predicted molar refractivity (Wildman–Crippen MR) is 82.6 cm³/mol. The number of likely N-dealkylation sites (N-methyl/N-ethyl adjacent to an activating group) is 1. The highest BCUT2D eigenvalue weighted by Crippen LogP contribution is 2.31. The second kappa shape index (κ2) is 6.55. The Balaban J connectivity index is 2.28. The fourth-order valence-corrected chi connectivity index (χ4v) is 2.80. The summed E-state index contributed by atoms with van der Waals surface area (Å²) in [6, 6.07) is 6.15. The van der Waals surface area contributed by atoms with Crippen LogP contribution in [0.2, 0.25) is 5.02 Å². The SMILES string of the molecule is CCn1ccnc1CC(NC)c1cccc(Br)c1Cl. The van der Waals surface area contributed by atoms with E-state index in [4.69, 9.17) is 11.6 Å². The van der Waals surface area contributed by atoms with Crippen molar-refractivity contribution in [3.05, 3.63) is 51.5 Å². The predicted octanol–water partition coefficient (Wildman–Crippen LogP) is 3.82. The van der Waals surface area contributed by atoms with E-state index in [-0.39, 0.29) is 6.04 Å². The monoisotopic (exact) mass is 341 g/mol. The average Bonchev–Trinajstić information content (AvgIpc) is 2.87. The van der Waals surface area contributed by atoms with Gasteiger partial charge in [-0.05, 0) is 41.5 Å². The molecule has 1 aromatic heterocycles. The third-order valence-electron chi connectivity index (χ3n) is 3.23. The molecule has 0 aliphatic rings. The maximum Gasteiger partial charge on any atom is 0.110 e. The van der Waals surface area contributed by atoms with E-state index in [1.165, 1.54) is 0 Å². The van der Waals surface area contributed by atoms with Gasteiger partial charge in [-0.2, -0.15) is 0 Å². The number of hydrogen-bond donors (Lipinski definition) is 1. The third-order valence-corrected chi connectivity index (χ3v) is 4.55. The van der Waals surface area contributed by atoms with Crippen molar-refractivity contribution in [2.75, 3.05) is 7.05 Å². The number of rotatable bonds is 5. The molecule has 0 saturated heterocycles. The van der Waals surface area contributed by atoms with Gasteiger partial charge in [-0.1, -0.05) is 23.7 Å². The van der Waals surface area contributed by atoms with Gasteiger partial charge >= 0.3 is 0 Å². The molecular weight excluding hydrogens is 326 g/mol. The summed E-state index contributed by atoms with van der Waals surface area (Å²) in [5, 5.41) is 4.08. The Labute approximate surface area is 127 Å². The molecule has 1 atom stereocenters. The number of hydrogen-bond acceptors (Lipinski definition) is 2. The van der Waals surface area contributed by atoms with E-state index in [2.05, 4.69) is 37.7 Å². The molecule has 2 aromatic rings. The zero-order valence-corrected chi connectivity index (χ0v) is 13.4. The molecule has 0 fully saturated rings. The summed E-state index contributed by atoms with van der Waals surface area (Å²) in [4.78, 5) is 4.42. The fraction of sp³-hybridized carbons (Fsp3) is 0.357. The third kappa shape index (κ3) is 3.19. The molecule has 2 rings (SSSR count). The van der Waals surface area contributed by atoms with Gasteiger partial charge in [0.05, 0.1) is 5.02 Å². The van der Waals surface area contributed by atoms with E-state index in [1.807, 2.05) is 37.6 Å². The number of aromatic nitrogens is 2. The number of imidazole rings is 1. The quantitative estimate of drug-likeness (QED) is 0.895. The zero-order chi connectivity index (χ0) is 13.8. The summed E-state index contributed by atoms with van der Waals surface area (Å²) in [5.41, 5.74) is 1.09. The average molecular weight is 343 g/mol. The maximum absolute atomic E-state index is 6.37. The Hall–Kier alpha value is -0.840. The summed E-state index contributed by atoms with van der Waals surface area (Å²) in [6.07, 6.45) is 4.66. The lowest BCUT2D eigenvalue weighted by molar-refractivity contribution is 0.553. The molecule has 0 spiro atoms. The smallest absolute Gasteiger partial charge is 0.110 e. The van der Waals surface area contributed by atoms with Crippen molar-refractivity contribution < 1.29 is 0 Å². The minimum Gasteiger partial charge on any atom is -0.335 e. The lowest BCUT2D eigenvalue weighted by Gasteiger charge is -2.19. The summed E-state index contributed by atoms with van der Waals surface area (Å²) in [5.74, 6) is 1.07. The number of nitrogens with one attached hydrogen (secondary N) is 1. The maximum atomic E-state index is 6.37. The number of benzene rings is 1. The van der Waals surface area contributed by atoms with E-state index in [0.29, 0.717) is 0 Å². The van der Waals surface area contributed by atoms with Crippen molar-refractivity contribution >= 4 is 27.5 Å². The molecule has 1 unspecified atom stereocenters. The van der Waals surface area contributed by atoms with E-state index in [1.54, 1.807) is 0 Å². The van der Waals surface area contributed by atoms with Gasteiger partial charge in [-0.15, -0.1) is 0 Å². The topological polar surface area (TPSA) is 29.9 Å². The van der Waals surface area contributed by atoms with Crippen LogP contribution in [0.15, 0.2) is 35.1 Å². The highest BCUT2D eigenvalue weighted by molar-refractivity contribution is 9.10. The van der Waals surface area contributed by atoms with E-state index in [0.717, 1.165) is 33.8 Å². The Kier molecular flexibility index (Phi) is 5.02. The van der Waals surface area contributed by atoms with Gasteiger partial charge < -0.3 is 9.88 Å². The highest BCUT2D eigenvalue weighted by atomic mass is 79.9. The largest absolute Gasteiger partial charge is 0.335 e. The molecule has 1 N–H and O–H groups in total. The van der Waals surface area contributed by atoms with Crippen molar-refractivity contribution in [1.82, 2.24) is 14.9 Å². The van der Waals surface area contributed by atoms with Crippen LogP contribution in [0.3, 0.4) is 0 Å². The van der Waals surface area contributed by atoms with Crippen LogP contribution in [0, 0.1) is 0 Å². The van der Waals surface area contributed by atoms with Crippen LogP contribution in [0.5, 0.6) is 0 Å². The molecule has 19 heavy (non-hydrogen) atoms. The second-order valence-electron chi connectivity index (χ2n) is 4.32. The first-order valence-corrected chi connectivity index (χ1v) is 7.45. The van der Waals surface area contributed by atoms with Crippen molar-refractivity contribution in [1.29, 1.82) is 0 Å².